The van der Waals surface area contributed by atoms with E-state index in [1.165, 1.54) is 12.1 Å². The molecule has 2 aliphatic rings. The fourth-order valence-corrected chi connectivity index (χ4v) is 4.07. The highest BCUT2D eigenvalue weighted by molar-refractivity contribution is 5.89. The Bertz CT molecular complexity index is 995. The van der Waals surface area contributed by atoms with E-state index in [4.69, 9.17) is 4.74 Å². The van der Waals surface area contributed by atoms with Crippen LogP contribution in [-0.4, -0.2) is 12.5 Å². The third kappa shape index (κ3) is 2.85. The number of nitrogens with one attached hydrogen (secondary N) is 1. The molecule has 1 amide bonds. The van der Waals surface area contributed by atoms with Crippen LogP contribution in [0.15, 0.2) is 72.8 Å². The number of fused-ring (bicyclic) bond motifs is 2. The number of rotatable bonds is 4. The third-order valence-electron chi connectivity index (χ3n) is 5.85. The summed E-state index contributed by atoms with van der Waals surface area (Å²) in [6.07, 6.45) is 2.00. The van der Waals surface area contributed by atoms with Gasteiger partial charge >= 0.3 is 0 Å². The minimum Gasteiger partial charge on any atom is -0.457 e. The van der Waals surface area contributed by atoms with E-state index < -0.39 is 5.92 Å². The zero-order valence-corrected chi connectivity index (χ0v) is 15.3. The van der Waals surface area contributed by atoms with Crippen molar-refractivity contribution in [3.63, 3.8) is 0 Å². The van der Waals surface area contributed by atoms with Crippen molar-refractivity contribution in [3.8, 4) is 11.5 Å². The number of hydrogen-bond acceptors (Lipinski definition) is 2. The smallest absolute Gasteiger partial charge is 0.232 e. The van der Waals surface area contributed by atoms with Gasteiger partial charge in [-0.15, -0.1) is 0 Å². The van der Waals surface area contributed by atoms with Gasteiger partial charge in [0.15, 0.2) is 0 Å². The summed E-state index contributed by atoms with van der Waals surface area (Å²) in [5.41, 5.74) is 2.77. The average molecular weight is 373 g/mol. The molecule has 1 N–H and O–H groups in total. The van der Waals surface area contributed by atoms with Crippen molar-refractivity contribution in [1.82, 2.24) is 5.32 Å². The molecule has 0 aromatic heterocycles. The number of halogens is 1. The molecule has 3 aromatic carbocycles. The normalized spacial score (nSPS) is 16.5. The first-order valence-electron chi connectivity index (χ1n) is 9.56. The Hall–Kier alpha value is -3.14. The average Bonchev–Trinajstić information content (AvgIpc) is 3.52. The number of ether oxygens (including phenoxy) is 1. The third-order valence-corrected chi connectivity index (χ3v) is 5.85. The maximum atomic E-state index is 13.3. The van der Waals surface area contributed by atoms with Crippen LogP contribution in [-0.2, 0) is 10.2 Å². The zero-order valence-electron chi connectivity index (χ0n) is 15.3. The molecule has 1 fully saturated rings. The molecule has 3 aromatic rings. The van der Waals surface area contributed by atoms with Crippen LogP contribution in [0.1, 0.15) is 35.4 Å². The minimum atomic E-state index is -0.398. The second-order valence-corrected chi connectivity index (χ2v) is 7.62. The number of carbonyl (C=O) groups is 1. The summed E-state index contributed by atoms with van der Waals surface area (Å²) in [6.45, 7) is 0.555. The lowest BCUT2D eigenvalue weighted by molar-refractivity contribution is -0.121. The van der Waals surface area contributed by atoms with Crippen molar-refractivity contribution in [2.75, 3.05) is 6.54 Å². The summed E-state index contributed by atoms with van der Waals surface area (Å²) in [7, 11) is 0. The largest absolute Gasteiger partial charge is 0.457 e. The fourth-order valence-electron chi connectivity index (χ4n) is 4.07. The maximum absolute atomic E-state index is 13.3. The highest BCUT2D eigenvalue weighted by Crippen LogP contribution is 2.48. The highest BCUT2D eigenvalue weighted by atomic mass is 19.1. The van der Waals surface area contributed by atoms with Crippen LogP contribution in [0.2, 0.25) is 0 Å². The van der Waals surface area contributed by atoms with Crippen LogP contribution in [0, 0.1) is 5.82 Å². The predicted octanol–water partition coefficient (Wildman–Crippen LogP) is 4.91. The molecule has 1 saturated carbocycles. The van der Waals surface area contributed by atoms with Crippen molar-refractivity contribution in [1.29, 1.82) is 0 Å². The Kier molecular flexibility index (Phi) is 3.93. The van der Waals surface area contributed by atoms with Crippen molar-refractivity contribution in [2.24, 2.45) is 0 Å². The van der Waals surface area contributed by atoms with Gasteiger partial charge in [-0.3, -0.25) is 4.79 Å². The van der Waals surface area contributed by atoms with Crippen molar-refractivity contribution >= 4 is 5.91 Å². The highest BCUT2D eigenvalue weighted by Gasteiger charge is 2.45. The molecule has 1 heterocycles. The number of amides is 1. The minimum absolute atomic E-state index is 0.0309. The van der Waals surface area contributed by atoms with E-state index in [0.717, 1.165) is 41.0 Å². The number of hydrogen-bond donors (Lipinski definition) is 1. The Morgan fingerprint density at radius 3 is 2.07 bits per heavy atom. The molecular weight excluding hydrogens is 353 g/mol. The molecule has 0 unspecified atom stereocenters. The SMILES string of the molecule is O=C(NCC1(c2ccc(F)cc2)CC1)C1c2ccccc2Oc2ccccc21. The Labute approximate surface area is 163 Å². The van der Waals surface area contributed by atoms with Crippen molar-refractivity contribution < 1.29 is 13.9 Å². The van der Waals surface area contributed by atoms with Gasteiger partial charge in [0.1, 0.15) is 17.3 Å². The summed E-state index contributed by atoms with van der Waals surface area (Å²) in [5, 5.41) is 3.16. The lowest BCUT2D eigenvalue weighted by Gasteiger charge is -2.28. The van der Waals surface area contributed by atoms with Gasteiger partial charge in [-0.05, 0) is 42.7 Å². The van der Waals surface area contributed by atoms with Crippen LogP contribution in [0.4, 0.5) is 4.39 Å². The molecule has 0 saturated heterocycles. The maximum Gasteiger partial charge on any atom is 0.232 e. The van der Waals surface area contributed by atoms with E-state index in [1.54, 1.807) is 0 Å². The van der Waals surface area contributed by atoms with E-state index in [2.05, 4.69) is 5.32 Å². The van der Waals surface area contributed by atoms with Gasteiger partial charge in [0, 0.05) is 23.1 Å². The fraction of sp³-hybridized carbons (Fsp3) is 0.208. The molecule has 1 aliphatic carbocycles. The van der Waals surface area contributed by atoms with E-state index in [-0.39, 0.29) is 17.1 Å². The van der Waals surface area contributed by atoms with Crippen LogP contribution < -0.4 is 10.1 Å². The monoisotopic (exact) mass is 373 g/mol. The Balaban J connectivity index is 1.41. The summed E-state index contributed by atoms with van der Waals surface area (Å²) >= 11 is 0. The summed E-state index contributed by atoms with van der Waals surface area (Å²) in [4.78, 5) is 13.3. The summed E-state index contributed by atoms with van der Waals surface area (Å²) in [5.74, 6) is 0.780. The van der Waals surface area contributed by atoms with E-state index in [0.29, 0.717) is 6.54 Å². The number of carbonyl (C=O) groups excluding carboxylic acids is 1. The molecule has 0 bridgehead atoms. The molecule has 5 rings (SSSR count). The molecule has 0 atom stereocenters. The lowest BCUT2D eigenvalue weighted by Crippen LogP contribution is -2.36. The standard InChI is InChI=1S/C24H20FNO2/c25-17-11-9-16(10-12-17)24(13-14-24)15-26-23(27)22-18-5-1-3-7-20(18)28-21-8-4-2-6-19(21)22/h1-12,22H,13-15H2,(H,26,27). The molecule has 4 heteroatoms. The van der Waals surface area contributed by atoms with Gasteiger partial charge in [0.2, 0.25) is 5.91 Å². The zero-order chi connectivity index (χ0) is 19.1. The van der Waals surface area contributed by atoms with Gasteiger partial charge in [0.05, 0.1) is 5.92 Å². The van der Waals surface area contributed by atoms with Crippen molar-refractivity contribution in [2.45, 2.75) is 24.2 Å². The second kappa shape index (κ2) is 6.48. The molecule has 1 aliphatic heterocycles. The van der Waals surface area contributed by atoms with Crippen LogP contribution in [0.3, 0.4) is 0 Å². The first kappa shape index (κ1) is 17.0. The molecule has 140 valence electrons. The topological polar surface area (TPSA) is 38.3 Å². The van der Waals surface area contributed by atoms with E-state index >= 15 is 0 Å². The molecule has 3 nitrogen and oxygen atoms in total. The first-order valence-corrected chi connectivity index (χ1v) is 9.56. The van der Waals surface area contributed by atoms with Crippen LogP contribution >= 0.6 is 0 Å². The Morgan fingerprint density at radius 1 is 0.929 bits per heavy atom. The molecule has 0 spiro atoms. The Morgan fingerprint density at radius 2 is 1.50 bits per heavy atom. The number of benzene rings is 3. The van der Waals surface area contributed by atoms with Gasteiger partial charge < -0.3 is 10.1 Å². The summed E-state index contributed by atoms with van der Waals surface area (Å²) in [6, 6.07) is 22.0. The van der Waals surface area contributed by atoms with Gasteiger partial charge in [0.25, 0.3) is 0 Å². The second-order valence-electron chi connectivity index (χ2n) is 7.62. The summed E-state index contributed by atoms with van der Waals surface area (Å²) < 4.78 is 19.2. The van der Waals surface area contributed by atoms with Gasteiger partial charge in [-0.25, -0.2) is 4.39 Å². The van der Waals surface area contributed by atoms with E-state index in [9.17, 15) is 9.18 Å². The number of para-hydroxylation sites is 2. The first-order chi connectivity index (χ1) is 13.7. The van der Waals surface area contributed by atoms with Crippen LogP contribution in [0.5, 0.6) is 11.5 Å². The predicted molar refractivity (Wildman–Crippen MR) is 105 cm³/mol. The lowest BCUT2D eigenvalue weighted by atomic mass is 9.87. The molecule has 28 heavy (non-hydrogen) atoms. The van der Waals surface area contributed by atoms with Crippen molar-refractivity contribution in [3.05, 3.63) is 95.3 Å². The van der Waals surface area contributed by atoms with Gasteiger partial charge in [-0.1, -0.05) is 48.5 Å². The molecular formula is C24H20FNO2. The van der Waals surface area contributed by atoms with Crippen LogP contribution in [0.25, 0.3) is 0 Å². The van der Waals surface area contributed by atoms with E-state index in [1.807, 2.05) is 60.7 Å². The quantitative estimate of drug-likeness (QED) is 0.706. The van der Waals surface area contributed by atoms with Gasteiger partial charge in [-0.2, -0.15) is 0 Å². The molecule has 0 radical (unpaired) electrons.